The normalized spacial score (nSPS) is 15.9. The van der Waals surface area contributed by atoms with Crippen LogP contribution in [0.4, 0.5) is 0 Å². The maximum absolute atomic E-state index is 12.8. The van der Waals surface area contributed by atoms with E-state index in [1.807, 2.05) is 0 Å². The van der Waals surface area contributed by atoms with E-state index in [0.29, 0.717) is 0 Å². The van der Waals surface area contributed by atoms with E-state index in [4.69, 9.17) is 18.9 Å². The highest BCUT2D eigenvalue weighted by Crippen LogP contribution is 2.48. The smallest absolute Gasteiger partial charge is 0.342 e. The van der Waals surface area contributed by atoms with Crippen molar-refractivity contribution in [3.63, 3.8) is 0 Å². The molecule has 8 nitrogen and oxygen atoms in total. The van der Waals surface area contributed by atoms with Crippen molar-refractivity contribution < 1.29 is 38.1 Å². The van der Waals surface area contributed by atoms with Crippen LogP contribution in [0.3, 0.4) is 0 Å². The van der Waals surface area contributed by atoms with Gasteiger partial charge in [-0.25, -0.2) is 14.4 Å². The third kappa shape index (κ3) is 4.75. The standard InChI is InChI=1S/C19H26O8/c1-9(2)25-17(22)12-13(16(21)24-8)15(27-11(5)20)19(6,7)14(12)18(23)26-10(3)4/h9-10H,1-8H3. The topological polar surface area (TPSA) is 105 Å². The molecule has 0 unspecified atom stereocenters. The average Bonchev–Trinajstić information content (AvgIpc) is 2.72. The van der Waals surface area contributed by atoms with Gasteiger partial charge < -0.3 is 18.9 Å². The van der Waals surface area contributed by atoms with E-state index in [-0.39, 0.29) is 22.5 Å². The number of ether oxygens (including phenoxy) is 4. The summed E-state index contributed by atoms with van der Waals surface area (Å²) < 4.78 is 20.4. The van der Waals surface area contributed by atoms with Crippen molar-refractivity contribution in [3.05, 3.63) is 22.5 Å². The first-order valence-electron chi connectivity index (χ1n) is 8.53. The molecule has 8 heteroatoms. The number of allylic oxidation sites excluding steroid dienone is 1. The summed E-state index contributed by atoms with van der Waals surface area (Å²) in [5.41, 5.74) is -2.06. The zero-order chi connectivity index (χ0) is 21.1. The lowest BCUT2D eigenvalue weighted by atomic mass is 9.84. The fourth-order valence-electron chi connectivity index (χ4n) is 2.70. The number of hydrogen-bond donors (Lipinski definition) is 0. The molecule has 0 aliphatic heterocycles. The fourth-order valence-corrected chi connectivity index (χ4v) is 2.70. The molecule has 0 aromatic heterocycles. The molecule has 0 fully saturated rings. The van der Waals surface area contributed by atoms with Crippen LogP contribution in [0.5, 0.6) is 0 Å². The molecule has 0 bridgehead atoms. The Morgan fingerprint density at radius 3 is 1.70 bits per heavy atom. The molecule has 1 aliphatic carbocycles. The third-order valence-corrected chi connectivity index (χ3v) is 3.65. The van der Waals surface area contributed by atoms with Gasteiger partial charge in [-0.1, -0.05) is 0 Å². The quantitative estimate of drug-likeness (QED) is 0.509. The van der Waals surface area contributed by atoms with E-state index in [9.17, 15) is 19.2 Å². The molecule has 0 atom stereocenters. The minimum atomic E-state index is -1.30. The van der Waals surface area contributed by atoms with Crippen molar-refractivity contribution in [3.8, 4) is 0 Å². The van der Waals surface area contributed by atoms with E-state index in [1.54, 1.807) is 41.5 Å². The molecule has 150 valence electrons. The van der Waals surface area contributed by atoms with E-state index in [1.165, 1.54) is 0 Å². The Bertz CT molecular complexity index is 722. The molecular weight excluding hydrogens is 356 g/mol. The van der Waals surface area contributed by atoms with Gasteiger partial charge in [0.1, 0.15) is 11.3 Å². The highest BCUT2D eigenvalue weighted by atomic mass is 16.6. The molecular formula is C19H26O8. The number of carbonyl (C=O) groups excluding carboxylic acids is 4. The number of carbonyl (C=O) groups is 4. The number of methoxy groups -OCH3 is 1. The summed E-state index contributed by atoms with van der Waals surface area (Å²) in [7, 11) is 1.11. The van der Waals surface area contributed by atoms with Gasteiger partial charge in [0.15, 0.2) is 0 Å². The van der Waals surface area contributed by atoms with Crippen molar-refractivity contribution in [1.82, 2.24) is 0 Å². The van der Waals surface area contributed by atoms with Gasteiger partial charge in [0.25, 0.3) is 0 Å². The Hall–Kier alpha value is -2.64. The molecule has 0 saturated carbocycles. The second-order valence-corrected chi connectivity index (χ2v) is 7.07. The van der Waals surface area contributed by atoms with Gasteiger partial charge in [0, 0.05) is 6.92 Å². The average molecular weight is 382 g/mol. The van der Waals surface area contributed by atoms with Gasteiger partial charge in [-0.2, -0.15) is 0 Å². The van der Waals surface area contributed by atoms with E-state index < -0.39 is 41.5 Å². The highest BCUT2D eigenvalue weighted by molar-refractivity contribution is 6.15. The minimum absolute atomic E-state index is 0.126. The Labute approximate surface area is 158 Å². The van der Waals surface area contributed by atoms with Crippen LogP contribution < -0.4 is 0 Å². The number of esters is 4. The first-order chi connectivity index (χ1) is 12.3. The van der Waals surface area contributed by atoms with Crippen LogP contribution >= 0.6 is 0 Å². The number of rotatable bonds is 6. The lowest BCUT2D eigenvalue weighted by molar-refractivity contribution is -0.147. The van der Waals surface area contributed by atoms with Gasteiger partial charge >= 0.3 is 23.9 Å². The zero-order valence-electron chi connectivity index (χ0n) is 16.9. The summed E-state index contributed by atoms with van der Waals surface area (Å²) in [6.45, 7) is 10.8. The van der Waals surface area contributed by atoms with E-state index in [0.717, 1.165) is 14.0 Å². The first kappa shape index (κ1) is 22.4. The summed E-state index contributed by atoms with van der Waals surface area (Å²) in [6.07, 6.45) is -0.977. The molecule has 1 aliphatic rings. The lowest BCUT2D eigenvalue weighted by Gasteiger charge is -2.25. The molecule has 0 radical (unpaired) electrons. The second-order valence-electron chi connectivity index (χ2n) is 7.07. The molecule has 0 amide bonds. The zero-order valence-corrected chi connectivity index (χ0v) is 16.9. The van der Waals surface area contributed by atoms with Crippen LogP contribution in [-0.2, 0) is 38.1 Å². The van der Waals surface area contributed by atoms with Gasteiger partial charge in [-0.05, 0) is 41.5 Å². The second kappa shape index (κ2) is 8.37. The molecule has 0 spiro atoms. The summed E-state index contributed by atoms with van der Waals surface area (Å²) >= 11 is 0. The van der Waals surface area contributed by atoms with Crippen LogP contribution in [-0.4, -0.2) is 43.2 Å². The van der Waals surface area contributed by atoms with Gasteiger partial charge in [-0.15, -0.1) is 0 Å². The summed E-state index contributed by atoms with van der Waals surface area (Å²) in [6, 6.07) is 0. The predicted molar refractivity (Wildman–Crippen MR) is 94.1 cm³/mol. The van der Waals surface area contributed by atoms with Crippen LogP contribution in [0.15, 0.2) is 22.5 Å². The van der Waals surface area contributed by atoms with Crippen molar-refractivity contribution in [2.24, 2.45) is 5.41 Å². The Balaban J connectivity index is 3.77. The van der Waals surface area contributed by atoms with Crippen LogP contribution in [0, 0.1) is 5.41 Å². The van der Waals surface area contributed by atoms with Gasteiger partial charge in [-0.3, -0.25) is 4.79 Å². The molecule has 0 N–H and O–H groups in total. The van der Waals surface area contributed by atoms with Gasteiger partial charge in [0.2, 0.25) is 0 Å². The largest absolute Gasteiger partial charge is 0.465 e. The SMILES string of the molecule is COC(=O)C1=C(OC(C)=O)C(C)(C)C(C(=O)OC(C)C)=C1C(=O)OC(C)C. The molecule has 0 aromatic carbocycles. The lowest BCUT2D eigenvalue weighted by Crippen LogP contribution is -2.27. The maximum Gasteiger partial charge on any atom is 0.342 e. The summed E-state index contributed by atoms with van der Waals surface area (Å²) in [5, 5.41) is 0. The maximum atomic E-state index is 12.8. The van der Waals surface area contributed by atoms with E-state index >= 15 is 0 Å². The van der Waals surface area contributed by atoms with Crippen molar-refractivity contribution in [1.29, 1.82) is 0 Å². The van der Waals surface area contributed by atoms with Crippen LogP contribution in [0.25, 0.3) is 0 Å². The molecule has 0 aromatic rings. The van der Waals surface area contributed by atoms with Crippen molar-refractivity contribution in [2.45, 2.75) is 60.7 Å². The Kier molecular flexibility index (Phi) is 6.94. The predicted octanol–water partition coefficient (Wildman–Crippen LogP) is 2.22. The number of hydrogen-bond acceptors (Lipinski definition) is 8. The fraction of sp³-hybridized carbons (Fsp3) is 0.579. The highest BCUT2D eigenvalue weighted by Gasteiger charge is 2.51. The molecule has 0 heterocycles. The minimum Gasteiger partial charge on any atom is -0.465 e. The molecule has 27 heavy (non-hydrogen) atoms. The Morgan fingerprint density at radius 1 is 0.815 bits per heavy atom. The first-order valence-corrected chi connectivity index (χ1v) is 8.53. The van der Waals surface area contributed by atoms with Crippen LogP contribution in [0.2, 0.25) is 0 Å². The van der Waals surface area contributed by atoms with Gasteiger partial charge in [0.05, 0.1) is 35.9 Å². The third-order valence-electron chi connectivity index (χ3n) is 3.65. The van der Waals surface area contributed by atoms with E-state index in [2.05, 4.69) is 0 Å². The van der Waals surface area contributed by atoms with Crippen LogP contribution in [0.1, 0.15) is 48.5 Å². The Morgan fingerprint density at radius 2 is 1.30 bits per heavy atom. The summed E-state index contributed by atoms with van der Waals surface area (Å²) in [4.78, 5) is 49.5. The summed E-state index contributed by atoms with van der Waals surface area (Å²) in [5.74, 6) is -3.52. The van der Waals surface area contributed by atoms with Crippen molar-refractivity contribution >= 4 is 23.9 Å². The monoisotopic (exact) mass is 382 g/mol. The van der Waals surface area contributed by atoms with Crippen molar-refractivity contribution in [2.75, 3.05) is 7.11 Å². The molecule has 0 saturated heterocycles. The molecule has 1 rings (SSSR count).